The second-order valence-electron chi connectivity index (χ2n) is 3.92. The lowest BCUT2D eigenvalue weighted by Crippen LogP contribution is -2.54. The van der Waals surface area contributed by atoms with E-state index in [9.17, 15) is 14.4 Å². The van der Waals surface area contributed by atoms with Crippen molar-refractivity contribution in [2.24, 2.45) is 11.3 Å². The van der Waals surface area contributed by atoms with Crippen LogP contribution in [0.3, 0.4) is 0 Å². The summed E-state index contributed by atoms with van der Waals surface area (Å²) in [6.45, 7) is 3.33. The zero-order valence-electron chi connectivity index (χ0n) is 8.03. The Kier molecular flexibility index (Phi) is 2.24. The molecule has 0 aliphatic carbocycles. The third kappa shape index (κ3) is 1.36. The minimum Gasteiger partial charge on any atom is -0.344 e. The van der Waals surface area contributed by atoms with Crippen molar-refractivity contribution in [2.75, 3.05) is 13.6 Å². The predicted molar refractivity (Wildman–Crippen MR) is 46.0 cm³/mol. The van der Waals surface area contributed by atoms with Gasteiger partial charge in [0.15, 0.2) is 5.78 Å². The first kappa shape index (κ1) is 9.89. The summed E-state index contributed by atoms with van der Waals surface area (Å²) in [5.74, 6) is -1.14. The SMILES string of the molecule is CN1CC(C=O)C(=O)C(C)(C)C1=O. The van der Waals surface area contributed by atoms with Crippen LogP contribution in [0.2, 0.25) is 0 Å². The number of likely N-dealkylation sites (tertiary alicyclic amines) is 1. The number of carbonyl (C=O) groups is 3. The zero-order chi connectivity index (χ0) is 10.2. The summed E-state index contributed by atoms with van der Waals surface area (Å²) in [6, 6.07) is 0. The summed E-state index contributed by atoms with van der Waals surface area (Å²) in [5, 5.41) is 0. The van der Waals surface area contributed by atoms with E-state index in [-0.39, 0.29) is 18.2 Å². The van der Waals surface area contributed by atoms with E-state index in [2.05, 4.69) is 0 Å². The highest BCUT2D eigenvalue weighted by Crippen LogP contribution is 2.28. The van der Waals surface area contributed by atoms with Crippen LogP contribution in [0.15, 0.2) is 0 Å². The van der Waals surface area contributed by atoms with Gasteiger partial charge in [-0.2, -0.15) is 0 Å². The standard InChI is InChI=1S/C9H13NO3/c1-9(2)7(12)6(5-11)4-10(3)8(9)13/h5-6H,4H2,1-3H3. The maximum atomic E-state index is 11.6. The minimum absolute atomic E-state index is 0.212. The molecule has 0 aromatic rings. The second kappa shape index (κ2) is 2.94. The molecule has 1 aliphatic heterocycles. The van der Waals surface area contributed by atoms with Crippen LogP contribution in [0.5, 0.6) is 0 Å². The lowest BCUT2D eigenvalue weighted by atomic mass is 9.77. The largest absolute Gasteiger partial charge is 0.344 e. The quantitative estimate of drug-likeness (QED) is 0.420. The van der Waals surface area contributed by atoms with Crippen molar-refractivity contribution >= 4 is 18.0 Å². The van der Waals surface area contributed by atoms with Gasteiger partial charge in [-0.1, -0.05) is 0 Å². The first-order chi connectivity index (χ1) is 5.91. The summed E-state index contributed by atoms with van der Waals surface area (Å²) < 4.78 is 0. The Hall–Kier alpha value is -1.19. The minimum atomic E-state index is -1.04. The Bertz CT molecular complexity index is 270. The molecule has 1 saturated heterocycles. The monoisotopic (exact) mass is 183 g/mol. The molecule has 1 atom stereocenters. The van der Waals surface area contributed by atoms with E-state index >= 15 is 0 Å². The third-order valence-corrected chi connectivity index (χ3v) is 2.47. The molecule has 13 heavy (non-hydrogen) atoms. The molecule has 72 valence electrons. The Morgan fingerprint density at radius 1 is 1.46 bits per heavy atom. The molecule has 4 heteroatoms. The van der Waals surface area contributed by atoms with Crippen LogP contribution in [-0.4, -0.2) is 36.5 Å². The molecule has 1 fully saturated rings. The maximum Gasteiger partial charge on any atom is 0.235 e. The number of rotatable bonds is 1. The first-order valence-corrected chi connectivity index (χ1v) is 4.16. The van der Waals surface area contributed by atoms with Crippen LogP contribution >= 0.6 is 0 Å². The highest BCUT2D eigenvalue weighted by molar-refractivity contribution is 6.12. The highest BCUT2D eigenvalue weighted by Gasteiger charge is 2.46. The van der Waals surface area contributed by atoms with Gasteiger partial charge in [0.25, 0.3) is 0 Å². The van der Waals surface area contributed by atoms with Crippen molar-refractivity contribution in [3.8, 4) is 0 Å². The Morgan fingerprint density at radius 2 is 2.00 bits per heavy atom. The van der Waals surface area contributed by atoms with Crippen molar-refractivity contribution in [3.63, 3.8) is 0 Å². The Morgan fingerprint density at radius 3 is 2.46 bits per heavy atom. The fourth-order valence-electron chi connectivity index (χ4n) is 1.61. The molecule has 0 bridgehead atoms. The Labute approximate surface area is 76.9 Å². The molecule has 1 rings (SSSR count). The molecule has 0 radical (unpaired) electrons. The summed E-state index contributed by atoms with van der Waals surface area (Å²) in [5.41, 5.74) is -1.04. The van der Waals surface area contributed by atoms with Gasteiger partial charge in [0, 0.05) is 13.6 Å². The molecular formula is C9H13NO3. The number of hydrogen-bond donors (Lipinski definition) is 0. The third-order valence-electron chi connectivity index (χ3n) is 2.47. The highest BCUT2D eigenvalue weighted by atomic mass is 16.2. The molecular weight excluding hydrogens is 170 g/mol. The van der Waals surface area contributed by atoms with E-state index in [4.69, 9.17) is 0 Å². The molecule has 0 saturated carbocycles. The summed E-state index contributed by atoms with van der Waals surface area (Å²) in [6.07, 6.45) is 0.618. The van der Waals surface area contributed by atoms with Gasteiger partial charge in [-0.25, -0.2) is 0 Å². The van der Waals surface area contributed by atoms with Gasteiger partial charge in [-0.05, 0) is 13.8 Å². The van der Waals surface area contributed by atoms with Crippen molar-refractivity contribution < 1.29 is 14.4 Å². The van der Waals surface area contributed by atoms with Gasteiger partial charge < -0.3 is 9.69 Å². The molecule has 0 aromatic carbocycles. The van der Waals surface area contributed by atoms with Gasteiger partial charge in [-0.3, -0.25) is 9.59 Å². The number of nitrogens with zero attached hydrogens (tertiary/aromatic N) is 1. The summed E-state index contributed by atoms with van der Waals surface area (Å²) in [7, 11) is 1.60. The Balaban J connectivity index is 3.02. The van der Waals surface area contributed by atoms with Crippen molar-refractivity contribution in [1.29, 1.82) is 0 Å². The number of ketones is 1. The first-order valence-electron chi connectivity index (χ1n) is 4.16. The lowest BCUT2D eigenvalue weighted by Gasteiger charge is -2.36. The molecule has 1 aliphatic rings. The predicted octanol–water partition coefficient (Wildman–Crippen LogP) is -0.131. The van der Waals surface area contributed by atoms with Gasteiger partial charge >= 0.3 is 0 Å². The number of hydrogen-bond acceptors (Lipinski definition) is 3. The molecule has 4 nitrogen and oxygen atoms in total. The van der Waals surface area contributed by atoms with Gasteiger partial charge in [0.2, 0.25) is 5.91 Å². The number of aldehydes is 1. The van der Waals surface area contributed by atoms with Crippen molar-refractivity contribution in [1.82, 2.24) is 4.90 Å². The van der Waals surface area contributed by atoms with Gasteiger partial charge in [-0.15, -0.1) is 0 Å². The number of carbonyl (C=O) groups excluding carboxylic acids is 3. The molecule has 0 N–H and O–H groups in total. The number of piperidine rings is 1. The fourth-order valence-corrected chi connectivity index (χ4v) is 1.61. The van der Waals surface area contributed by atoms with Crippen molar-refractivity contribution in [3.05, 3.63) is 0 Å². The number of amides is 1. The van der Waals surface area contributed by atoms with Crippen LogP contribution in [-0.2, 0) is 14.4 Å². The van der Waals surface area contributed by atoms with E-state index < -0.39 is 11.3 Å². The molecule has 1 amide bonds. The molecule has 0 aromatic heterocycles. The van der Waals surface area contributed by atoms with E-state index in [1.54, 1.807) is 20.9 Å². The molecule has 0 spiro atoms. The van der Waals surface area contributed by atoms with Crippen LogP contribution in [0, 0.1) is 11.3 Å². The normalized spacial score (nSPS) is 27.6. The smallest absolute Gasteiger partial charge is 0.235 e. The van der Waals surface area contributed by atoms with Crippen LogP contribution in [0.1, 0.15) is 13.8 Å². The van der Waals surface area contributed by atoms with Gasteiger partial charge in [0.05, 0.1) is 5.92 Å². The fraction of sp³-hybridized carbons (Fsp3) is 0.667. The molecule has 1 heterocycles. The van der Waals surface area contributed by atoms with Gasteiger partial charge in [0.1, 0.15) is 11.7 Å². The summed E-state index contributed by atoms with van der Waals surface area (Å²) >= 11 is 0. The average molecular weight is 183 g/mol. The van der Waals surface area contributed by atoms with E-state index in [0.717, 1.165) is 0 Å². The molecule has 1 unspecified atom stereocenters. The van der Waals surface area contributed by atoms with E-state index in [1.807, 2.05) is 0 Å². The average Bonchev–Trinajstić information content (AvgIpc) is 2.09. The van der Waals surface area contributed by atoms with E-state index in [0.29, 0.717) is 6.29 Å². The summed E-state index contributed by atoms with van der Waals surface area (Å²) in [4.78, 5) is 35.0. The zero-order valence-corrected chi connectivity index (χ0v) is 8.03. The van der Waals surface area contributed by atoms with Crippen molar-refractivity contribution in [2.45, 2.75) is 13.8 Å². The number of Topliss-reactive ketones (excluding diaryl/α,β-unsaturated/α-hetero) is 1. The maximum absolute atomic E-state index is 11.6. The van der Waals surface area contributed by atoms with E-state index in [1.165, 1.54) is 4.90 Å². The van der Waals surface area contributed by atoms with Crippen LogP contribution < -0.4 is 0 Å². The van der Waals surface area contributed by atoms with Crippen LogP contribution in [0.4, 0.5) is 0 Å². The topological polar surface area (TPSA) is 54.5 Å². The second-order valence-corrected chi connectivity index (χ2v) is 3.92. The van der Waals surface area contributed by atoms with Crippen LogP contribution in [0.25, 0.3) is 0 Å². The lowest BCUT2D eigenvalue weighted by molar-refractivity contribution is -0.155.